The van der Waals surface area contributed by atoms with Crippen molar-refractivity contribution < 1.29 is 0 Å². The Hall–Kier alpha value is -0.140. The maximum absolute atomic E-state index is 4.26. The molecule has 0 amide bonds. The van der Waals surface area contributed by atoms with Crippen LogP contribution in [0.25, 0.3) is 11.2 Å². The first kappa shape index (κ1) is 12.3. The Kier molecular flexibility index (Phi) is 4.60. The van der Waals surface area contributed by atoms with E-state index in [1.165, 1.54) is 0 Å². The number of aromatic nitrogens is 4. The number of halogens is 2. The van der Waals surface area contributed by atoms with Gasteiger partial charge >= 0.3 is 0 Å². The zero-order valence-electron chi connectivity index (χ0n) is 8.36. The zero-order valence-corrected chi connectivity index (χ0v) is 12.3. The van der Waals surface area contributed by atoms with Gasteiger partial charge in [0, 0.05) is 15.9 Å². The minimum atomic E-state index is 0.513. The quantitative estimate of drug-likeness (QED) is 0.502. The van der Waals surface area contributed by atoms with Gasteiger partial charge < -0.3 is 4.98 Å². The summed E-state index contributed by atoms with van der Waals surface area (Å²) in [6.07, 6.45) is 4.30. The summed E-state index contributed by atoms with van der Waals surface area (Å²) in [5.74, 6) is 1.02. The van der Waals surface area contributed by atoms with E-state index in [0.29, 0.717) is 4.83 Å². The largest absolute Gasteiger partial charge is 0.341 e. The number of nitrogens with zero attached hydrogens (tertiary/aromatic N) is 3. The highest BCUT2D eigenvalue weighted by atomic mass is 79.9. The molecule has 0 radical (unpaired) electrons. The third-order valence-corrected chi connectivity index (χ3v) is 5.48. The van der Waals surface area contributed by atoms with Crippen LogP contribution in [0.15, 0.2) is 17.7 Å². The summed E-state index contributed by atoms with van der Waals surface area (Å²) in [6.45, 7) is 0. The average molecular weight is 366 g/mol. The number of alkyl halides is 2. The van der Waals surface area contributed by atoms with Gasteiger partial charge in [0.05, 0.1) is 6.33 Å². The Morgan fingerprint density at radius 2 is 2.25 bits per heavy atom. The molecular weight excluding hydrogens is 356 g/mol. The lowest BCUT2D eigenvalue weighted by Crippen LogP contribution is -2.00. The van der Waals surface area contributed by atoms with Crippen LogP contribution in [0.2, 0.25) is 0 Å². The van der Waals surface area contributed by atoms with E-state index in [1.54, 1.807) is 24.4 Å². The molecule has 0 bridgehead atoms. The van der Waals surface area contributed by atoms with Crippen LogP contribution in [0.3, 0.4) is 0 Å². The zero-order chi connectivity index (χ0) is 11.4. The van der Waals surface area contributed by atoms with E-state index in [0.717, 1.165) is 33.7 Å². The lowest BCUT2D eigenvalue weighted by molar-refractivity contribution is 0.946. The topological polar surface area (TPSA) is 54.5 Å². The van der Waals surface area contributed by atoms with E-state index in [1.807, 2.05) is 0 Å². The van der Waals surface area contributed by atoms with Crippen LogP contribution in [0, 0.1) is 0 Å². The molecule has 16 heavy (non-hydrogen) atoms. The van der Waals surface area contributed by atoms with Crippen molar-refractivity contribution in [2.24, 2.45) is 0 Å². The van der Waals surface area contributed by atoms with Crippen molar-refractivity contribution in [3.63, 3.8) is 0 Å². The van der Waals surface area contributed by atoms with E-state index < -0.39 is 0 Å². The normalized spacial score (nSPS) is 13.1. The smallest absolute Gasteiger partial charge is 0.181 e. The summed E-state index contributed by atoms with van der Waals surface area (Å²) in [4.78, 5) is 16.0. The van der Waals surface area contributed by atoms with Crippen LogP contribution in [0.1, 0.15) is 6.42 Å². The molecule has 0 aliphatic heterocycles. The fourth-order valence-corrected chi connectivity index (χ4v) is 3.08. The fraction of sp³-hybridized carbons (Fsp3) is 0.444. The highest BCUT2D eigenvalue weighted by molar-refractivity contribution is 9.12. The monoisotopic (exact) mass is 364 g/mol. The van der Waals surface area contributed by atoms with Gasteiger partial charge in [-0.2, -0.15) is 0 Å². The molecular formula is C9H10Br2N4S. The minimum absolute atomic E-state index is 0.513. The Morgan fingerprint density at radius 3 is 3.06 bits per heavy atom. The number of hydrogen-bond acceptors (Lipinski definition) is 4. The first-order chi connectivity index (χ1) is 7.81. The summed E-state index contributed by atoms with van der Waals surface area (Å²) in [5, 5.41) is 1.94. The molecule has 0 saturated heterocycles. The van der Waals surface area contributed by atoms with E-state index in [-0.39, 0.29) is 0 Å². The number of nitrogens with one attached hydrogen (secondary N) is 1. The van der Waals surface area contributed by atoms with E-state index >= 15 is 0 Å². The molecule has 2 rings (SSSR count). The van der Waals surface area contributed by atoms with Gasteiger partial charge in [-0.15, -0.1) is 11.8 Å². The number of H-pyrrole nitrogens is 1. The summed E-state index contributed by atoms with van der Waals surface area (Å²) in [5.41, 5.74) is 1.66. The summed E-state index contributed by atoms with van der Waals surface area (Å²) >= 11 is 8.74. The van der Waals surface area contributed by atoms with Gasteiger partial charge in [0.2, 0.25) is 0 Å². The minimum Gasteiger partial charge on any atom is -0.341 e. The van der Waals surface area contributed by atoms with Crippen LogP contribution in [0.4, 0.5) is 0 Å². The number of rotatable bonds is 5. The van der Waals surface area contributed by atoms with Crippen molar-refractivity contribution >= 4 is 54.8 Å². The molecule has 0 aromatic carbocycles. The highest BCUT2D eigenvalue weighted by Gasteiger charge is 2.07. The molecule has 1 atom stereocenters. The van der Waals surface area contributed by atoms with Crippen molar-refractivity contribution in [3.8, 4) is 0 Å². The Bertz CT molecular complexity index is 461. The van der Waals surface area contributed by atoms with Gasteiger partial charge in [0.1, 0.15) is 16.9 Å². The number of aromatic amines is 1. The van der Waals surface area contributed by atoms with E-state index in [2.05, 4.69) is 51.8 Å². The van der Waals surface area contributed by atoms with Crippen LogP contribution in [-0.4, -0.2) is 35.8 Å². The number of fused-ring (bicyclic) bond motifs is 1. The second-order valence-corrected chi connectivity index (χ2v) is 6.19. The van der Waals surface area contributed by atoms with Crippen LogP contribution in [-0.2, 0) is 0 Å². The molecule has 86 valence electrons. The molecule has 0 saturated carbocycles. The first-order valence-corrected chi connectivity index (χ1v) is 7.80. The van der Waals surface area contributed by atoms with Gasteiger partial charge in [-0.05, 0) is 6.42 Å². The van der Waals surface area contributed by atoms with Gasteiger partial charge in [-0.25, -0.2) is 15.0 Å². The molecule has 0 fully saturated rings. The fourth-order valence-electron chi connectivity index (χ4n) is 1.21. The molecule has 7 heteroatoms. The molecule has 2 aromatic heterocycles. The second-order valence-electron chi connectivity index (χ2n) is 3.17. The molecule has 1 unspecified atom stereocenters. The second kappa shape index (κ2) is 5.97. The molecule has 2 heterocycles. The lowest BCUT2D eigenvalue weighted by atomic mass is 10.4. The van der Waals surface area contributed by atoms with Gasteiger partial charge in [-0.3, -0.25) is 0 Å². The molecule has 4 nitrogen and oxygen atoms in total. The third-order valence-electron chi connectivity index (χ3n) is 2.03. The Balaban J connectivity index is 2.01. The molecule has 0 spiro atoms. The number of thioether (sulfide) groups is 1. The van der Waals surface area contributed by atoms with Crippen LogP contribution in [0.5, 0.6) is 0 Å². The average Bonchev–Trinajstić information content (AvgIpc) is 2.77. The van der Waals surface area contributed by atoms with Gasteiger partial charge in [0.15, 0.2) is 5.65 Å². The maximum atomic E-state index is 4.26. The molecule has 0 aliphatic carbocycles. The van der Waals surface area contributed by atoms with Crippen molar-refractivity contribution in [3.05, 3.63) is 12.7 Å². The van der Waals surface area contributed by atoms with Crippen molar-refractivity contribution in [2.75, 3.05) is 11.1 Å². The first-order valence-electron chi connectivity index (χ1n) is 4.78. The van der Waals surface area contributed by atoms with E-state index in [4.69, 9.17) is 0 Å². The van der Waals surface area contributed by atoms with E-state index in [9.17, 15) is 0 Å². The summed E-state index contributed by atoms with van der Waals surface area (Å²) in [6, 6.07) is 0. The standard InChI is InChI=1S/C9H10Br2N4S/c10-3-6(11)1-2-16-9-7-8(13-4-12-7)14-5-15-9/h4-6H,1-3H2,(H,12,13,14,15). The predicted octanol–water partition coefficient (Wildman–Crippen LogP) is 2.99. The molecule has 1 N–H and O–H groups in total. The van der Waals surface area contributed by atoms with Crippen molar-refractivity contribution in [2.45, 2.75) is 16.3 Å². The lowest BCUT2D eigenvalue weighted by Gasteiger charge is -2.04. The van der Waals surface area contributed by atoms with Crippen molar-refractivity contribution in [1.82, 2.24) is 19.9 Å². The predicted molar refractivity (Wildman–Crippen MR) is 73.5 cm³/mol. The molecule has 2 aromatic rings. The van der Waals surface area contributed by atoms with Gasteiger partial charge in [0.25, 0.3) is 0 Å². The number of hydrogen-bond donors (Lipinski definition) is 1. The maximum Gasteiger partial charge on any atom is 0.181 e. The summed E-state index contributed by atoms with van der Waals surface area (Å²) in [7, 11) is 0. The number of imidazole rings is 1. The SMILES string of the molecule is BrCC(Br)CCSc1ncnc2nc[nH]c12. The van der Waals surface area contributed by atoms with Gasteiger partial charge in [-0.1, -0.05) is 31.9 Å². The summed E-state index contributed by atoms with van der Waals surface area (Å²) < 4.78 is 0. The van der Waals surface area contributed by atoms with Crippen LogP contribution >= 0.6 is 43.6 Å². The Labute approximate surface area is 114 Å². The molecule has 0 aliphatic rings. The Morgan fingerprint density at radius 1 is 1.38 bits per heavy atom. The highest BCUT2D eigenvalue weighted by Crippen LogP contribution is 2.23. The van der Waals surface area contributed by atoms with Crippen molar-refractivity contribution in [1.29, 1.82) is 0 Å². The van der Waals surface area contributed by atoms with Crippen LogP contribution < -0.4 is 0 Å². The third kappa shape index (κ3) is 2.95.